The maximum atomic E-state index is 10.9. The quantitative estimate of drug-likeness (QED) is 0.553. The fourth-order valence-electron chi connectivity index (χ4n) is 1.41. The van der Waals surface area contributed by atoms with Crippen LogP contribution in [-0.2, 0) is 4.79 Å². The molecule has 1 rings (SSSR count). The van der Waals surface area contributed by atoms with Gasteiger partial charge in [-0.1, -0.05) is 18.6 Å². The Morgan fingerprint density at radius 1 is 1.27 bits per heavy atom. The molecule has 1 saturated carbocycles. The molecule has 0 radical (unpaired) electrons. The Morgan fingerprint density at radius 3 is 2.45 bits per heavy atom. The lowest BCUT2D eigenvalue weighted by Gasteiger charge is -2.12. The van der Waals surface area contributed by atoms with Gasteiger partial charge in [-0.15, -0.1) is 0 Å². The van der Waals surface area contributed by atoms with E-state index in [1.165, 1.54) is 30.9 Å². The third-order valence-electron chi connectivity index (χ3n) is 2.04. The SMILES string of the molecule is C=CC(=O)C=C1CCCCC1. The highest BCUT2D eigenvalue weighted by Gasteiger charge is 2.05. The number of allylic oxidation sites excluding steroid dienone is 3. The zero-order chi connectivity index (χ0) is 8.10. The molecule has 0 amide bonds. The predicted octanol–water partition coefficient (Wildman–Crippen LogP) is 2.63. The normalized spacial score (nSPS) is 17.6. The van der Waals surface area contributed by atoms with Gasteiger partial charge in [-0.2, -0.15) is 0 Å². The zero-order valence-corrected chi connectivity index (χ0v) is 6.81. The molecule has 0 spiro atoms. The van der Waals surface area contributed by atoms with E-state index in [1.54, 1.807) is 6.08 Å². The van der Waals surface area contributed by atoms with Gasteiger partial charge in [0.1, 0.15) is 0 Å². The summed E-state index contributed by atoms with van der Waals surface area (Å²) in [7, 11) is 0. The smallest absolute Gasteiger partial charge is 0.178 e. The molecule has 60 valence electrons. The molecule has 1 fully saturated rings. The highest BCUT2D eigenvalue weighted by atomic mass is 16.1. The van der Waals surface area contributed by atoms with Gasteiger partial charge in [0.2, 0.25) is 0 Å². The third-order valence-corrected chi connectivity index (χ3v) is 2.04. The lowest BCUT2D eigenvalue weighted by molar-refractivity contribution is -0.110. The maximum Gasteiger partial charge on any atom is 0.178 e. The molecule has 1 aliphatic carbocycles. The molecule has 0 atom stereocenters. The zero-order valence-electron chi connectivity index (χ0n) is 6.81. The van der Waals surface area contributed by atoms with Crippen LogP contribution >= 0.6 is 0 Å². The first-order chi connectivity index (χ1) is 5.33. The molecule has 0 N–H and O–H groups in total. The van der Waals surface area contributed by atoms with Crippen LogP contribution in [0.4, 0.5) is 0 Å². The van der Waals surface area contributed by atoms with E-state index in [-0.39, 0.29) is 5.78 Å². The van der Waals surface area contributed by atoms with Crippen molar-refractivity contribution in [2.24, 2.45) is 0 Å². The lowest BCUT2D eigenvalue weighted by Crippen LogP contribution is -1.96. The summed E-state index contributed by atoms with van der Waals surface area (Å²) in [6.07, 6.45) is 9.15. The Kier molecular flexibility index (Phi) is 3.09. The van der Waals surface area contributed by atoms with Crippen LogP contribution < -0.4 is 0 Å². The number of ketones is 1. The van der Waals surface area contributed by atoms with E-state index >= 15 is 0 Å². The topological polar surface area (TPSA) is 17.1 Å². The Hall–Kier alpha value is -0.850. The first-order valence-corrected chi connectivity index (χ1v) is 4.19. The number of rotatable bonds is 2. The van der Waals surface area contributed by atoms with Gasteiger partial charge in [0, 0.05) is 0 Å². The van der Waals surface area contributed by atoms with E-state index < -0.39 is 0 Å². The van der Waals surface area contributed by atoms with Crippen LogP contribution in [0.2, 0.25) is 0 Å². The summed E-state index contributed by atoms with van der Waals surface area (Å²) in [5.74, 6) is 0.0573. The van der Waals surface area contributed by atoms with Crippen molar-refractivity contribution < 1.29 is 4.79 Å². The molecular formula is C10H14O. The van der Waals surface area contributed by atoms with Crippen molar-refractivity contribution in [3.8, 4) is 0 Å². The highest BCUT2D eigenvalue weighted by Crippen LogP contribution is 2.22. The van der Waals surface area contributed by atoms with Gasteiger partial charge >= 0.3 is 0 Å². The fraction of sp³-hybridized carbons (Fsp3) is 0.500. The number of hydrogen-bond donors (Lipinski definition) is 0. The fourth-order valence-corrected chi connectivity index (χ4v) is 1.41. The van der Waals surface area contributed by atoms with Gasteiger partial charge in [-0.25, -0.2) is 0 Å². The molecule has 0 saturated heterocycles. The summed E-state index contributed by atoms with van der Waals surface area (Å²) in [5, 5.41) is 0. The van der Waals surface area contributed by atoms with Crippen LogP contribution in [-0.4, -0.2) is 5.78 Å². The van der Waals surface area contributed by atoms with Crippen LogP contribution in [0.1, 0.15) is 32.1 Å². The van der Waals surface area contributed by atoms with Crippen molar-refractivity contribution in [1.29, 1.82) is 0 Å². The van der Waals surface area contributed by atoms with Crippen LogP contribution in [0.3, 0.4) is 0 Å². The number of hydrogen-bond acceptors (Lipinski definition) is 1. The summed E-state index contributed by atoms with van der Waals surface area (Å²) >= 11 is 0. The van der Waals surface area contributed by atoms with E-state index in [0.717, 1.165) is 12.8 Å². The summed E-state index contributed by atoms with van der Waals surface area (Å²) in [4.78, 5) is 10.9. The van der Waals surface area contributed by atoms with Crippen molar-refractivity contribution >= 4 is 5.78 Å². The minimum atomic E-state index is 0.0573. The highest BCUT2D eigenvalue weighted by molar-refractivity contribution is 5.99. The summed E-state index contributed by atoms with van der Waals surface area (Å²) in [6.45, 7) is 3.43. The molecule has 1 aliphatic rings. The monoisotopic (exact) mass is 150 g/mol. The molecule has 0 unspecified atom stereocenters. The van der Waals surface area contributed by atoms with Gasteiger partial charge in [-0.05, 0) is 37.8 Å². The van der Waals surface area contributed by atoms with E-state index in [2.05, 4.69) is 6.58 Å². The van der Waals surface area contributed by atoms with Gasteiger partial charge in [0.15, 0.2) is 5.78 Å². The minimum Gasteiger partial charge on any atom is -0.290 e. The molecule has 0 heterocycles. The second-order valence-electron chi connectivity index (χ2n) is 2.97. The van der Waals surface area contributed by atoms with Crippen molar-refractivity contribution in [3.05, 3.63) is 24.3 Å². The predicted molar refractivity (Wildman–Crippen MR) is 46.4 cm³/mol. The second-order valence-corrected chi connectivity index (χ2v) is 2.97. The Bertz CT molecular complexity index is 181. The van der Waals surface area contributed by atoms with Crippen LogP contribution in [0.5, 0.6) is 0 Å². The number of carbonyl (C=O) groups excluding carboxylic acids is 1. The standard InChI is InChI=1S/C10H14O/c1-2-10(11)8-9-6-4-3-5-7-9/h2,8H,1,3-7H2. The second kappa shape index (κ2) is 4.12. The van der Waals surface area contributed by atoms with E-state index in [4.69, 9.17) is 0 Å². The van der Waals surface area contributed by atoms with Gasteiger partial charge < -0.3 is 0 Å². The number of carbonyl (C=O) groups is 1. The van der Waals surface area contributed by atoms with Crippen LogP contribution in [0.25, 0.3) is 0 Å². The van der Waals surface area contributed by atoms with Crippen LogP contribution in [0.15, 0.2) is 24.3 Å². The first-order valence-electron chi connectivity index (χ1n) is 4.19. The molecule has 0 aliphatic heterocycles. The van der Waals surface area contributed by atoms with Crippen molar-refractivity contribution in [3.63, 3.8) is 0 Å². The van der Waals surface area contributed by atoms with E-state index in [9.17, 15) is 4.79 Å². The molecule has 0 bridgehead atoms. The van der Waals surface area contributed by atoms with E-state index in [0.29, 0.717) is 0 Å². The lowest BCUT2D eigenvalue weighted by atomic mass is 9.94. The average molecular weight is 150 g/mol. The Labute approximate surface area is 67.8 Å². The molecule has 0 aromatic carbocycles. The van der Waals surface area contributed by atoms with Gasteiger partial charge in [-0.3, -0.25) is 4.79 Å². The van der Waals surface area contributed by atoms with E-state index in [1.807, 2.05) is 0 Å². The van der Waals surface area contributed by atoms with Gasteiger partial charge in [0.05, 0.1) is 0 Å². The summed E-state index contributed by atoms with van der Waals surface area (Å²) in [5.41, 5.74) is 1.31. The van der Waals surface area contributed by atoms with Gasteiger partial charge in [0.25, 0.3) is 0 Å². The largest absolute Gasteiger partial charge is 0.290 e. The van der Waals surface area contributed by atoms with Crippen molar-refractivity contribution in [1.82, 2.24) is 0 Å². The molecule has 1 heteroatoms. The summed E-state index contributed by atoms with van der Waals surface area (Å²) < 4.78 is 0. The first kappa shape index (κ1) is 8.25. The molecule has 11 heavy (non-hydrogen) atoms. The Morgan fingerprint density at radius 2 is 1.91 bits per heavy atom. The Balaban J connectivity index is 2.49. The third kappa shape index (κ3) is 2.71. The molecule has 0 aromatic heterocycles. The average Bonchev–Trinajstić information content (AvgIpc) is 2.06. The molecule has 0 aromatic rings. The minimum absolute atomic E-state index is 0.0573. The van der Waals surface area contributed by atoms with Crippen molar-refractivity contribution in [2.75, 3.05) is 0 Å². The van der Waals surface area contributed by atoms with Crippen molar-refractivity contribution in [2.45, 2.75) is 32.1 Å². The summed E-state index contributed by atoms with van der Waals surface area (Å²) in [6, 6.07) is 0. The van der Waals surface area contributed by atoms with Crippen LogP contribution in [0, 0.1) is 0 Å². The maximum absolute atomic E-state index is 10.9. The molecule has 1 nitrogen and oxygen atoms in total. The molecular weight excluding hydrogens is 136 g/mol.